The molecule has 0 bridgehead atoms. The number of alkyl halides is 3. The zero-order valence-corrected chi connectivity index (χ0v) is 19.2. The molecule has 0 aromatic carbocycles. The lowest BCUT2D eigenvalue weighted by Gasteiger charge is -2.50. The van der Waals surface area contributed by atoms with Crippen LogP contribution in [0.4, 0.5) is 13.2 Å². The molecule has 2 saturated heterocycles. The Kier molecular flexibility index (Phi) is 7.80. The van der Waals surface area contributed by atoms with Gasteiger partial charge in [-0.15, -0.1) is 11.3 Å². The predicted molar refractivity (Wildman–Crippen MR) is 115 cm³/mol. The van der Waals surface area contributed by atoms with E-state index in [0.29, 0.717) is 18.2 Å². The third kappa shape index (κ3) is 6.33. The molecule has 33 heavy (non-hydrogen) atoms. The zero-order valence-electron chi connectivity index (χ0n) is 18.4. The fourth-order valence-electron chi connectivity index (χ4n) is 4.20. The first-order chi connectivity index (χ1) is 15.5. The van der Waals surface area contributed by atoms with Gasteiger partial charge < -0.3 is 15.2 Å². The van der Waals surface area contributed by atoms with E-state index in [0.717, 1.165) is 39.1 Å². The molecule has 182 valence electrons. The minimum absolute atomic E-state index is 0.00353. The van der Waals surface area contributed by atoms with Crippen LogP contribution in [0.15, 0.2) is 24.4 Å². The number of amides is 1. The summed E-state index contributed by atoms with van der Waals surface area (Å²) < 4.78 is 39.5. The molecule has 4 rings (SSSR count). The molecule has 1 spiro atoms. The van der Waals surface area contributed by atoms with E-state index >= 15 is 0 Å². The van der Waals surface area contributed by atoms with Crippen molar-refractivity contribution in [3.05, 3.63) is 39.8 Å². The monoisotopic (exact) mass is 488 g/mol. The fourth-order valence-corrected chi connectivity index (χ4v) is 5.14. The number of halogens is 3. The van der Waals surface area contributed by atoms with E-state index in [1.807, 2.05) is 11.3 Å². The fraction of sp³-hybridized carbons (Fsp3) is 0.571. The van der Waals surface area contributed by atoms with Gasteiger partial charge in [-0.25, -0.2) is 4.79 Å². The molecule has 0 saturated carbocycles. The van der Waals surface area contributed by atoms with Crippen LogP contribution < -0.4 is 5.32 Å². The van der Waals surface area contributed by atoms with Crippen molar-refractivity contribution in [1.82, 2.24) is 20.0 Å². The first kappa shape index (κ1) is 25.2. The van der Waals surface area contributed by atoms with Crippen molar-refractivity contribution < 1.29 is 32.6 Å². The maximum absolute atomic E-state index is 12.2. The van der Waals surface area contributed by atoms with E-state index in [1.165, 1.54) is 9.75 Å². The standard InChI is InChI=1S/C19H26N4O2S.C2HF3O2/c1-14-3-4-16(26-14)11-23-12-19(13-23)15(7-10-25-19)5-8-20-18(24)17-6-9-21-22(17)2;3-2(4,5)1(6)7/h3-4,6,9,15H,5,7-8,10-13H2,1-2H3,(H,20,24);(H,6,7). The Bertz CT molecular complexity index is 969. The van der Waals surface area contributed by atoms with Gasteiger partial charge >= 0.3 is 12.1 Å². The van der Waals surface area contributed by atoms with Crippen molar-refractivity contribution in [2.45, 2.75) is 38.1 Å². The molecule has 8 nitrogen and oxygen atoms in total. The van der Waals surface area contributed by atoms with Crippen LogP contribution in [0.25, 0.3) is 0 Å². The summed E-state index contributed by atoms with van der Waals surface area (Å²) in [5, 5.41) is 14.2. The van der Waals surface area contributed by atoms with Gasteiger partial charge in [0, 0.05) is 55.8 Å². The second-order valence-corrected chi connectivity index (χ2v) is 9.62. The molecular formula is C21H27F3N4O4S. The van der Waals surface area contributed by atoms with Crippen LogP contribution in [-0.2, 0) is 23.1 Å². The van der Waals surface area contributed by atoms with Gasteiger partial charge in [-0.05, 0) is 43.9 Å². The molecule has 4 heterocycles. The highest BCUT2D eigenvalue weighted by molar-refractivity contribution is 7.11. The van der Waals surface area contributed by atoms with Crippen LogP contribution in [-0.4, -0.2) is 69.7 Å². The minimum Gasteiger partial charge on any atom is -0.475 e. The Morgan fingerprint density at radius 1 is 1.33 bits per heavy atom. The molecule has 1 amide bonds. The smallest absolute Gasteiger partial charge is 0.475 e. The number of ether oxygens (including phenoxy) is 1. The maximum Gasteiger partial charge on any atom is 0.490 e. The molecule has 2 aliphatic heterocycles. The molecule has 0 radical (unpaired) electrons. The lowest BCUT2D eigenvalue weighted by atomic mass is 9.79. The third-order valence-corrected chi connectivity index (χ3v) is 6.82. The van der Waals surface area contributed by atoms with Crippen LogP contribution >= 0.6 is 11.3 Å². The van der Waals surface area contributed by atoms with Crippen molar-refractivity contribution in [2.75, 3.05) is 26.2 Å². The predicted octanol–water partition coefficient (Wildman–Crippen LogP) is 2.83. The van der Waals surface area contributed by atoms with Crippen molar-refractivity contribution in [3.63, 3.8) is 0 Å². The van der Waals surface area contributed by atoms with Crippen LogP contribution in [0.5, 0.6) is 0 Å². The largest absolute Gasteiger partial charge is 0.490 e. The average Bonchev–Trinajstić information content (AvgIpc) is 3.42. The Labute approximate surface area is 193 Å². The van der Waals surface area contributed by atoms with E-state index in [2.05, 4.69) is 34.4 Å². The number of thiophene rings is 1. The molecule has 1 unspecified atom stereocenters. The average molecular weight is 489 g/mol. The number of carbonyl (C=O) groups excluding carboxylic acids is 1. The number of nitrogens with zero attached hydrogens (tertiary/aromatic N) is 3. The van der Waals surface area contributed by atoms with Crippen LogP contribution in [0.1, 0.15) is 33.1 Å². The number of aromatic nitrogens is 2. The Balaban J connectivity index is 0.000000383. The molecule has 2 aliphatic rings. The summed E-state index contributed by atoms with van der Waals surface area (Å²) in [5.41, 5.74) is 0.604. The van der Waals surface area contributed by atoms with Crippen molar-refractivity contribution >= 4 is 23.2 Å². The Hall–Kier alpha value is -2.44. The van der Waals surface area contributed by atoms with Gasteiger partial charge in [0.2, 0.25) is 0 Å². The molecule has 1 atom stereocenters. The summed E-state index contributed by atoms with van der Waals surface area (Å²) in [5.74, 6) is -2.29. The van der Waals surface area contributed by atoms with E-state index in [9.17, 15) is 18.0 Å². The van der Waals surface area contributed by atoms with Gasteiger partial charge in [0.1, 0.15) is 5.69 Å². The third-order valence-electron chi connectivity index (χ3n) is 5.83. The number of likely N-dealkylation sites (tertiary alicyclic amines) is 1. The van der Waals surface area contributed by atoms with E-state index < -0.39 is 12.1 Å². The zero-order chi connectivity index (χ0) is 24.2. The van der Waals surface area contributed by atoms with Gasteiger partial charge in [-0.3, -0.25) is 14.4 Å². The number of carboxylic acid groups (broad SMARTS) is 1. The van der Waals surface area contributed by atoms with E-state index in [1.54, 1.807) is 24.0 Å². The number of aliphatic carboxylic acids is 1. The van der Waals surface area contributed by atoms with Gasteiger partial charge in [0.15, 0.2) is 0 Å². The number of hydrogen-bond donors (Lipinski definition) is 2. The summed E-state index contributed by atoms with van der Waals surface area (Å²) in [4.78, 5) is 26.4. The molecular weight excluding hydrogens is 461 g/mol. The lowest BCUT2D eigenvalue weighted by molar-refractivity contribution is -0.192. The Morgan fingerprint density at radius 2 is 2.03 bits per heavy atom. The molecule has 2 fully saturated rings. The van der Waals surface area contributed by atoms with Crippen molar-refractivity contribution in [3.8, 4) is 0 Å². The number of carboxylic acids is 1. The van der Waals surface area contributed by atoms with Gasteiger partial charge in [-0.1, -0.05) is 0 Å². The lowest BCUT2D eigenvalue weighted by Crippen LogP contribution is -2.64. The normalized spacial score (nSPS) is 19.6. The summed E-state index contributed by atoms with van der Waals surface area (Å²) in [6, 6.07) is 6.16. The maximum atomic E-state index is 12.2. The van der Waals surface area contributed by atoms with E-state index in [-0.39, 0.29) is 11.5 Å². The molecule has 2 aromatic heterocycles. The molecule has 12 heteroatoms. The SMILES string of the molecule is Cc1ccc(CN2CC3(C2)OCCC3CCNC(=O)c2ccnn2C)s1.O=C(O)C(F)(F)F. The summed E-state index contributed by atoms with van der Waals surface area (Å²) in [6.07, 6.45) is -1.38. The number of rotatable bonds is 6. The van der Waals surface area contributed by atoms with E-state index in [4.69, 9.17) is 14.6 Å². The number of hydrogen-bond acceptors (Lipinski definition) is 6. The minimum atomic E-state index is -5.08. The number of carbonyl (C=O) groups is 2. The molecule has 0 aliphatic carbocycles. The van der Waals surface area contributed by atoms with Gasteiger partial charge in [0.25, 0.3) is 5.91 Å². The van der Waals surface area contributed by atoms with Crippen LogP contribution in [0.3, 0.4) is 0 Å². The first-order valence-corrected chi connectivity index (χ1v) is 11.3. The van der Waals surface area contributed by atoms with Crippen molar-refractivity contribution in [2.24, 2.45) is 13.0 Å². The second-order valence-electron chi connectivity index (χ2n) is 8.24. The first-order valence-electron chi connectivity index (χ1n) is 10.5. The van der Waals surface area contributed by atoms with Gasteiger partial charge in [-0.2, -0.15) is 18.3 Å². The number of nitrogens with one attached hydrogen (secondary N) is 1. The number of aryl methyl sites for hydroxylation is 2. The van der Waals surface area contributed by atoms with Crippen molar-refractivity contribution in [1.29, 1.82) is 0 Å². The second kappa shape index (κ2) is 10.2. The highest BCUT2D eigenvalue weighted by Crippen LogP contribution is 2.42. The van der Waals surface area contributed by atoms with Crippen LogP contribution in [0, 0.1) is 12.8 Å². The highest BCUT2D eigenvalue weighted by atomic mass is 32.1. The topological polar surface area (TPSA) is 96.7 Å². The summed E-state index contributed by atoms with van der Waals surface area (Å²) in [7, 11) is 1.78. The quantitative estimate of drug-likeness (QED) is 0.649. The molecule has 2 aromatic rings. The summed E-state index contributed by atoms with van der Waals surface area (Å²) in [6.45, 7) is 6.71. The highest BCUT2D eigenvalue weighted by Gasteiger charge is 2.52. The Morgan fingerprint density at radius 3 is 2.58 bits per heavy atom. The van der Waals surface area contributed by atoms with Gasteiger partial charge in [0.05, 0.1) is 5.60 Å². The summed E-state index contributed by atoms with van der Waals surface area (Å²) >= 11 is 1.88. The molecule has 2 N–H and O–H groups in total. The van der Waals surface area contributed by atoms with Crippen LogP contribution in [0.2, 0.25) is 0 Å².